The number of rotatable bonds is 6. The van der Waals surface area contributed by atoms with Crippen molar-refractivity contribution in [2.75, 3.05) is 24.6 Å². The third-order valence-electron chi connectivity index (χ3n) is 5.87. The van der Waals surface area contributed by atoms with Gasteiger partial charge in [0.25, 0.3) is 5.91 Å². The van der Waals surface area contributed by atoms with Crippen molar-refractivity contribution in [2.24, 2.45) is 0 Å². The SMILES string of the molecule is O=C(c1ccc(CNCCO)cc1)N1CCc2c(-c3ccc4nccnc4c3)cccc21. The van der Waals surface area contributed by atoms with Gasteiger partial charge in [0.15, 0.2) is 0 Å². The fourth-order valence-corrected chi connectivity index (χ4v) is 4.28. The molecule has 1 aliphatic rings. The minimum Gasteiger partial charge on any atom is -0.395 e. The second kappa shape index (κ2) is 8.86. The number of aromatic nitrogens is 2. The van der Waals surface area contributed by atoms with Crippen molar-refractivity contribution in [3.8, 4) is 11.1 Å². The molecular weight excluding hydrogens is 400 g/mol. The summed E-state index contributed by atoms with van der Waals surface area (Å²) in [6.07, 6.45) is 4.22. The molecule has 4 aromatic rings. The first kappa shape index (κ1) is 20.3. The third-order valence-corrected chi connectivity index (χ3v) is 5.87. The lowest BCUT2D eigenvalue weighted by Crippen LogP contribution is -2.28. The van der Waals surface area contributed by atoms with E-state index < -0.39 is 0 Å². The van der Waals surface area contributed by atoms with Crippen molar-refractivity contribution in [3.63, 3.8) is 0 Å². The van der Waals surface area contributed by atoms with Crippen LogP contribution in [0.25, 0.3) is 22.2 Å². The van der Waals surface area contributed by atoms with Gasteiger partial charge >= 0.3 is 0 Å². The summed E-state index contributed by atoms with van der Waals surface area (Å²) in [7, 11) is 0. The van der Waals surface area contributed by atoms with Gasteiger partial charge in [0, 0.05) is 43.3 Å². The molecule has 1 aliphatic heterocycles. The van der Waals surface area contributed by atoms with E-state index in [1.807, 2.05) is 47.4 Å². The third kappa shape index (κ3) is 3.86. The number of nitrogens with one attached hydrogen (secondary N) is 1. The molecule has 5 rings (SSSR count). The zero-order valence-corrected chi connectivity index (χ0v) is 17.7. The van der Waals surface area contributed by atoms with E-state index in [1.54, 1.807) is 12.4 Å². The van der Waals surface area contributed by atoms with Crippen LogP contribution in [0, 0.1) is 0 Å². The van der Waals surface area contributed by atoms with E-state index in [4.69, 9.17) is 5.11 Å². The van der Waals surface area contributed by atoms with Crippen LogP contribution in [-0.4, -0.2) is 40.7 Å². The summed E-state index contributed by atoms with van der Waals surface area (Å²) in [6.45, 7) is 2.00. The highest BCUT2D eigenvalue weighted by atomic mass is 16.3. The number of carbonyl (C=O) groups excluding carboxylic acids is 1. The zero-order valence-electron chi connectivity index (χ0n) is 17.7. The molecule has 0 fully saturated rings. The van der Waals surface area contributed by atoms with Gasteiger partial charge < -0.3 is 15.3 Å². The van der Waals surface area contributed by atoms with Crippen molar-refractivity contribution in [1.29, 1.82) is 0 Å². The summed E-state index contributed by atoms with van der Waals surface area (Å²) in [5.41, 5.74) is 7.88. The molecule has 0 bridgehead atoms. The summed E-state index contributed by atoms with van der Waals surface area (Å²) < 4.78 is 0. The first-order chi connectivity index (χ1) is 15.7. The number of aliphatic hydroxyl groups is 1. The Bertz CT molecular complexity index is 1270. The molecule has 0 aliphatic carbocycles. The van der Waals surface area contributed by atoms with E-state index in [9.17, 15) is 4.79 Å². The number of nitrogens with zero attached hydrogens (tertiary/aromatic N) is 3. The van der Waals surface area contributed by atoms with E-state index in [1.165, 1.54) is 5.56 Å². The van der Waals surface area contributed by atoms with E-state index in [-0.39, 0.29) is 12.5 Å². The Kier molecular flexibility index (Phi) is 5.62. The topological polar surface area (TPSA) is 78.4 Å². The maximum Gasteiger partial charge on any atom is 0.258 e. The second-order valence-electron chi connectivity index (χ2n) is 7.87. The molecule has 32 heavy (non-hydrogen) atoms. The Labute approximate surface area is 186 Å². The van der Waals surface area contributed by atoms with Crippen molar-refractivity contribution in [2.45, 2.75) is 13.0 Å². The van der Waals surface area contributed by atoms with Crippen molar-refractivity contribution < 1.29 is 9.90 Å². The Morgan fingerprint density at radius 1 is 1.00 bits per heavy atom. The maximum absolute atomic E-state index is 13.3. The predicted octanol–water partition coefficient (Wildman–Crippen LogP) is 3.58. The van der Waals surface area contributed by atoms with Gasteiger partial charge in [-0.25, -0.2) is 0 Å². The smallest absolute Gasteiger partial charge is 0.258 e. The Balaban J connectivity index is 1.41. The van der Waals surface area contributed by atoms with Crippen LogP contribution >= 0.6 is 0 Å². The van der Waals surface area contributed by atoms with Gasteiger partial charge in [0.1, 0.15) is 0 Å². The monoisotopic (exact) mass is 424 g/mol. The van der Waals surface area contributed by atoms with Gasteiger partial charge in [-0.2, -0.15) is 0 Å². The van der Waals surface area contributed by atoms with Gasteiger partial charge in [-0.3, -0.25) is 14.8 Å². The molecule has 0 saturated heterocycles. The molecule has 1 amide bonds. The van der Waals surface area contributed by atoms with Crippen molar-refractivity contribution >= 4 is 22.6 Å². The number of benzene rings is 3. The van der Waals surface area contributed by atoms with Crippen LogP contribution in [0.5, 0.6) is 0 Å². The van der Waals surface area contributed by atoms with Crippen LogP contribution in [0.15, 0.2) is 73.1 Å². The molecule has 1 aromatic heterocycles. The minimum absolute atomic E-state index is 0.0140. The first-order valence-electron chi connectivity index (χ1n) is 10.8. The highest BCUT2D eigenvalue weighted by molar-refractivity contribution is 6.08. The van der Waals surface area contributed by atoms with Gasteiger partial charge in [0.2, 0.25) is 0 Å². The normalized spacial score (nSPS) is 12.8. The fourth-order valence-electron chi connectivity index (χ4n) is 4.28. The fraction of sp³-hybridized carbons (Fsp3) is 0.192. The van der Waals surface area contributed by atoms with Crippen molar-refractivity contribution in [3.05, 3.63) is 89.7 Å². The summed E-state index contributed by atoms with van der Waals surface area (Å²) >= 11 is 0. The molecule has 0 atom stereocenters. The number of carbonyl (C=O) groups is 1. The average Bonchev–Trinajstić information content (AvgIpc) is 3.28. The largest absolute Gasteiger partial charge is 0.395 e. The lowest BCUT2D eigenvalue weighted by molar-refractivity contribution is 0.0989. The average molecular weight is 425 g/mol. The molecule has 0 saturated carbocycles. The Morgan fingerprint density at radius 2 is 1.81 bits per heavy atom. The summed E-state index contributed by atoms with van der Waals surface area (Å²) in [5, 5.41) is 12.0. The standard InChI is InChI=1S/C26H24N4O2/c31-15-13-27-17-18-4-6-19(7-5-18)26(32)30-14-10-22-21(2-1-3-25(22)30)20-8-9-23-24(16-20)29-12-11-28-23/h1-9,11-12,16,27,31H,10,13-15,17H2. The molecule has 0 radical (unpaired) electrons. The summed E-state index contributed by atoms with van der Waals surface area (Å²) in [5.74, 6) is 0.0140. The van der Waals surface area contributed by atoms with Crippen LogP contribution in [0.2, 0.25) is 0 Å². The maximum atomic E-state index is 13.3. The lowest BCUT2D eigenvalue weighted by atomic mass is 9.97. The predicted molar refractivity (Wildman–Crippen MR) is 126 cm³/mol. The van der Waals surface area contributed by atoms with E-state index >= 15 is 0 Å². The van der Waals surface area contributed by atoms with Crippen LogP contribution in [0.3, 0.4) is 0 Å². The van der Waals surface area contributed by atoms with Crippen LogP contribution < -0.4 is 10.2 Å². The molecule has 2 N–H and O–H groups in total. The lowest BCUT2D eigenvalue weighted by Gasteiger charge is -2.18. The molecule has 3 aromatic carbocycles. The van der Waals surface area contributed by atoms with Gasteiger partial charge in [-0.15, -0.1) is 0 Å². The van der Waals surface area contributed by atoms with E-state index in [2.05, 4.69) is 33.5 Å². The van der Waals surface area contributed by atoms with Crippen molar-refractivity contribution in [1.82, 2.24) is 15.3 Å². The van der Waals surface area contributed by atoms with Gasteiger partial charge in [-0.1, -0.05) is 30.3 Å². The molecule has 2 heterocycles. The van der Waals surface area contributed by atoms with E-state index in [0.29, 0.717) is 25.2 Å². The van der Waals surface area contributed by atoms with Gasteiger partial charge in [0.05, 0.1) is 17.6 Å². The molecule has 160 valence electrons. The summed E-state index contributed by atoms with van der Waals surface area (Å²) in [4.78, 5) is 23.9. The molecular formula is C26H24N4O2. The number of anilines is 1. The highest BCUT2D eigenvalue weighted by Gasteiger charge is 2.27. The molecule has 0 unspecified atom stereocenters. The quantitative estimate of drug-likeness (QED) is 0.463. The highest BCUT2D eigenvalue weighted by Crippen LogP contribution is 2.37. The van der Waals surface area contributed by atoms with E-state index in [0.717, 1.165) is 39.8 Å². The number of hydrogen-bond donors (Lipinski definition) is 2. The van der Waals surface area contributed by atoms with Crippen LogP contribution in [-0.2, 0) is 13.0 Å². The minimum atomic E-state index is 0.0140. The molecule has 6 nitrogen and oxygen atoms in total. The van der Waals surface area contributed by atoms with Crippen LogP contribution in [0.4, 0.5) is 5.69 Å². The Morgan fingerprint density at radius 3 is 2.62 bits per heavy atom. The zero-order chi connectivity index (χ0) is 21.9. The number of fused-ring (bicyclic) bond motifs is 2. The summed E-state index contributed by atoms with van der Waals surface area (Å²) in [6, 6.07) is 19.9. The first-order valence-corrected chi connectivity index (χ1v) is 10.8. The number of amides is 1. The number of hydrogen-bond acceptors (Lipinski definition) is 5. The van der Waals surface area contributed by atoms with Gasteiger partial charge in [-0.05, 0) is 59.0 Å². The number of aliphatic hydroxyl groups excluding tert-OH is 1. The molecule has 6 heteroatoms. The molecule has 0 spiro atoms. The van der Waals surface area contributed by atoms with Crippen LogP contribution in [0.1, 0.15) is 21.5 Å². The second-order valence-corrected chi connectivity index (χ2v) is 7.87. The Hall–Kier alpha value is -3.61.